The van der Waals surface area contributed by atoms with Gasteiger partial charge in [0.2, 0.25) is 5.91 Å². The molecule has 0 saturated heterocycles. The predicted octanol–water partition coefficient (Wildman–Crippen LogP) is 3.90. The largest absolute Gasteiger partial charge is 0.493 e. The minimum absolute atomic E-state index is 0.123. The Morgan fingerprint density at radius 2 is 1.80 bits per heavy atom. The molecule has 0 aliphatic rings. The maximum Gasteiger partial charge on any atom is 0.229 e. The summed E-state index contributed by atoms with van der Waals surface area (Å²) in [4.78, 5) is 12.0. The number of hydrogen-bond acceptors (Lipinski definition) is 3. The van der Waals surface area contributed by atoms with E-state index in [-0.39, 0.29) is 12.3 Å². The van der Waals surface area contributed by atoms with E-state index < -0.39 is 0 Å². The first-order chi connectivity index (χ1) is 12.1. The third-order valence-electron chi connectivity index (χ3n) is 3.67. The number of amides is 1. The van der Waals surface area contributed by atoms with Crippen LogP contribution in [0.3, 0.4) is 0 Å². The average Bonchev–Trinajstić information content (AvgIpc) is 3.03. The fourth-order valence-corrected chi connectivity index (χ4v) is 2.60. The van der Waals surface area contributed by atoms with Gasteiger partial charge in [-0.3, -0.25) is 4.79 Å². The van der Waals surface area contributed by atoms with Crippen molar-refractivity contribution in [3.05, 3.63) is 71.9 Å². The molecule has 0 aliphatic carbocycles. The number of nitrogens with zero attached hydrogens (tertiary/aromatic N) is 2. The molecule has 0 fully saturated rings. The molecule has 0 aliphatic heterocycles. The molecule has 3 aromatic rings. The number of rotatable bonds is 6. The molecule has 5 heteroatoms. The van der Waals surface area contributed by atoms with Gasteiger partial charge in [-0.2, -0.15) is 5.10 Å². The van der Waals surface area contributed by atoms with Gasteiger partial charge < -0.3 is 10.1 Å². The Bertz CT molecular complexity index is 836. The van der Waals surface area contributed by atoms with E-state index in [0.29, 0.717) is 12.4 Å². The summed E-state index contributed by atoms with van der Waals surface area (Å²) in [5.41, 5.74) is 3.23. The minimum atomic E-state index is -0.123. The van der Waals surface area contributed by atoms with Crippen LogP contribution < -0.4 is 10.1 Å². The van der Waals surface area contributed by atoms with Crippen molar-refractivity contribution in [1.29, 1.82) is 0 Å². The minimum Gasteiger partial charge on any atom is -0.493 e. The second-order valence-corrected chi connectivity index (χ2v) is 5.95. The van der Waals surface area contributed by atoms with E-state index in [2.05, 4.69) is 16.5 Å². The van der Waals surface area contributed by atoms with Crippen molar-refractivity contribution in [1.82, 2.24) is 9.78 Å². The topological polar surface area (TPSA) is 56.1 Å². The van der Waals surface area contributed by atoms with Crippen LogP contribution >= 0.6 is 0 Å². The van der Waals surface area contributed by atoms with E-state index in [1.807, 2.05) is 62.5 Å². The van der Waals surface area contributed by atoms with E-state index in [1.54, 1.807) is 10.7 Å². The molecule has 0 radical (unpaired) electrons. The third-order valence-corrected chi connectivity index (χ3v) is 3.67. The lowest BCUT2D eigenvalue weighted by atomic mass is 10.1. The van der Waals surface area contributed by atoms with Gasteiger partial charge in [0.05, 0.1) is 18.7 Å². The van der Waals surface area contributed by atoms with Crippen molar-refractivity contribution in [2.45, 2.75) is 20.3 Å². The fourth-order valence-electron chi connectivity index (χ4n) is 2.60. The first-order valence-electron chi connectivity index (χ1n) is 8.22. The van der Waals surface area contributed by atoms with Crippen LogP contribution in [0.5, 0.6) is 5.75 Å². The lowest BCUT2D eigenvalue weighted by molar-refractivity contribution is -0.116. The summed E-state index contributed by atoms with van der Waals surface area (Å²) in [6.07, 6.45) is 2.09. The van der Waals surface area contributed by atoms with Gasteiger partial charge in [0, 0.05) is 12.3 Å². The molecule has 3 rings (SSSR count). The number of benzene rings is 2. The number of para-hydroxylation sites is 1. The van der Waals surface area contributed by atoms with Gasteiger partial charge in [-0.15, -0.1) is 0 Å². The molecule has 1 amide bonds. The van der Waals surface area contributed by atoms with Gasteiger partial charge in [-0.1, -0.05) is 24.3 Å². The SMILES string of the molecule is Cc1cc(C)cc(OCCC(=O)Nc2ccn(-c3ccccc3)n2)c1. The zero-order valence-electron chi connectivity index (χ0n) is 14.4. The molecular formula is C20H21N3O2. The zero-order chi connectivity index (χ0) is 17.6. The van der Waals surface area contributed by atoms with Crippen molar-refractivity contribution in [2.24, 2.45) is 0 Å². The lowest BCUT2D eigenvalue weighted by Crippen LogP contribution is -2.15. The van der Waals surface area contributed by atoms with E-state index in [1.165, 1.54) is 0 Å². The first kappa shape index (κ1) is 16.8. The van der Waals surface area contributed by atoms with Crippen molar-refractivity contribution in [3.8, 4) is 11.4 Å². The molecule has 5 nitrogen and oxygen atoms in total. The summed E-state index contributed by atoms with van der Waals surface area (Å²) >= 11 is 0. The summed E-state index contributed by atoms with van der Waals surface area (Å²) in [6.45, 7) is 4.37. The normalized spacial score (nSPS) is 10.5. The molecule has 0 unspecified atom stereocenters. The fraction of sp³-hybridized carbons (Fsp3) is 0.200. The van der Waals surface area contributed by atoms with Crippen molar-refractivity contribution in [2.75, 3.05) is 11.9 Å². The van der Waals surface area contributed by atoms with Gasteiger partial charge in [-0.05, 0) is 49.2 Å². The number of ether oxygens (including phenoxy) is 1. The van der Waals surface area contributed by atoms with Crippen molar-refractivity contribution in [3.63, 3.8) is 0 Å². The van der Waals surface area contributed by atoms with Crippen molar-refractivity contribution >= 4 is 11.7 Å². The summed E-state index contributed by atoms with van der Waals surface area (Å²) in [7, 11) is 0. The molecular weight excluding hydrogens is 314 g/mol. The molecule has 128 valence electrons. The van der Waals surface area contributed by atoms with Crippen molar-refractivity contribution < 1.29 is 9.53 Å². The molecule has 0 spiro atoms. The molecule has 1 N–H and O–H groups in total. The number of anilines is 1. The Labute approximate surface area is 147 Å². The molecule has 1 heterocycles. The Balaban J connectivity index is 1.50. The Morgan fingerprint density at radius 3 is 2.52 bits per heavy atom. The van der Waals surface area contributed by atoms with Crippen LogP contribution in [-0.4, -0.2) is 22.3 Å². The maximum absolute atomic E-state index is 12.0. The number of hydrogen-bond donors (Lipinski definition) is 1. The highest BCUT2D eigenvalue weighted by Crippen LogP contribution is 2.16. The molecule has 25 heavy (non-hydrogen) atoms. The monoisotopic (exact) mass is 335 g/mol. The highest BCUT2D eigenvalue weighted by Gasteiger charge is 2.07. The van der Waals surface area contributed by atoms with Crippen LogP contribution in [0.1, 0.15) is 17.5 Å². The molecule has 0 atom stereocenters. The Morgan fingerprint density at radius 1 is 1.08 bits per heavy atom. The van der Waals surface area contributed by atoms with Crippen LogP contribution in [0.2, 0.25) is 0 Å². The number of aromatic nitrogens is 2. The zero-order valence-corrected chi connectivity index (χ0v) is 14.4. The Hall–Kier alpha value is -3.08. The van der Waals surface area contributed by atoms with Crippen LogP contribution in [0.4, 0.5) is 5.82 Å². The van der Waals surface area contributed by atoms with E-state index in [0.717, 1.165) is 22.6 Å². The first-order valence-corrected chi connectivity index (χ1v) is 8.22. The van der Waals surface area contributed by atoms with Gasteiger partial charge >= 0.3 is 0 Å². The number of carbonyl (C=O) groups is 1. The predicted molar refractivity (Wildman–Crippen MR) is 98.2 cm³/mol. The van der Waals surface area contributed by atoms with Crippen LogP contribution in [-0.2, 0) is 4.79 Å². The average molecular weight is 335 g/mol. The van der Waals surface area contributed by atoms with E-state index in [9.17, 15) is 4.79 Å². The third kappa shape index (κ3) is 4.70. The van der Waals surface area contributed by atoms with Gasteiger partial charge in [-0.25, -0.2) is 4.68 Å². The van der Waals surface area contributed by atoms with Crippen LogP contribution in [0.15, 0.2) is 60.8 Å². The van der Waals surface area contributed by atoms with Gasteiger partial charge in [0.25, 0.3) is 0 Å². The molecule has 2 aromatic carbocycles. The molecule has 1 aromatic heterocycles. The van der Waals surface area contributed by atoms with Crippen LogP contribution in [0, 0.1) is 13.8 Å². The summed E-state index contributed by atoms with van der Waals surface area (Å²) in [6, 6.07) is 17.5. The molecule has 0 saturated carbocycles. The smallest absolute Gasteiger partial charge is 0.229 e. The quantitative estimate of drug-likeness (QED) is 0.743. The maximum atomic E-state index is 12.0. The van der Waals surface area contributed by atoms with Gasteiger partial charge in [0.1, 0.15) is 5.75 Å². The Kier molecular flexibility index (Phi) is 5.14. The van der Waals surface area contributed by atoms with E-state index >= 15 is 0 Å². The summed E-state index contributed by atoms with van der Waals surface area (Å²) in [5, 5.41) is 7.14. The van der Waals surface area contributed by atoms with E-state index in [4.69, 9.17) is 4.74 Å². The lowest BCUT2D eigenvalue weighted by Gasteiger charge is -2.08. The summed E-state index contributed by atoms with van der Waals surface area (Å²) in [5.74, 6) is 1.20. The number of aryl methyl sites for hydroxylation is 2. The van der Waals surface area contributed by atoms with Gasteiger partial charge in [0.15, 0.2) is 5.82 Å². The molecule has 0 bridgehead atoms. The highest BCUT2D eigenvalue weighted by atomic mass is 16.5. The van der Waals surface area contributed by atoms with Crippen LogP contribution in [0.25, 0.3) is 5.69 Å². The summed E-state index contributed by atoms with van der Waals surface area (Å²) < 4.78 is 7.39. The standard InChI is InChI=1S/C20H21N3O2/c1-15-12-16(2)14-18(13-15)25-11-9-20(24)21-19-8-10-23(22-19)17-6-4-3-5-7-17/h3-8,10,12-14H,9,11H2,1-2H3,(H,21,22,24). The number of carbonyl (C=O) groups excluding carboxylic acids is 1. The number of nitrogens with one attached hydrogen (secondary N) is 1. The second-order valence-electron chi connectivity index (χ2n) is 5.95. The highest BCUT2D eigenvalue weighted by molar-refractivity contribution is 5.89. The second kappa shape index (κ2) is 7.66.